The van der Waals surface area contributed by atoms with Crippen LogP contribution in [0.3, 0.4) is 0 Å². The number of aliphatic imine (C=N–C) groups is 1. The van der Waals surface area contributed by atoms with E-state index < -0.39 is 11.6 Å². The van der Waals surface area contributed by atoms with E-state index in [1.165, 1.54) is 95.4 Å². The summed E-state index contributed by atoms with van der Waals surface area (Å²) in [5.41, 5.74) is 3.07. The predicted molar refractivity (Wildman–Crippen MR) is 173 cm³/mol. The Hall–Kier alpha value is -2.01. The Morgan fingerprint density at radius 2 is 1.55 bits per heavy atom. The van der Waals surface area contributed by atoms with Crippen molar-refractivity contribution < 1.29 is 8.78 Å². The van der Waals surface area contributed by atoms with Gasteiger partial charge in [0.2, 0.25) is 0 Å². The Bertz CT molecular complexity index is 856. The van der Waals surface area contributed by atoms with Crippen molar-refractivity contribution in [3.8, 4) is 0 Å². The molecule has 1 saturated carbocycles. The number of aryl methyl sites for hydroxylation is 1. The summed E-state index contributed by atoms with van der Waals surface area (Å²) in [6.07, 6.45) is 14.6. The van der Waals surface area contributed by atoms with Gasteiger partial charge in [-0.25, -0.2) is 8.78 Å². The molecule has 2 atom stereocenters. The lowest BCUT2D eigenvalue weighted by molar-refractivity contribution is 0.235. The lowest BCUT2D eigenvalue weighted by atomic mass is 9.90. The molecular formula is C35H61F2N3. The van der Waals surface area contributed by atoms with Crippen molar-refractivity contribution in [1.29, 1.82) is 0 Å². The second-order valence-electron chi connectivity index (χ2n) is 11.5. The zero-order chi connectivity index (χ0) is 30.5. The van der Waals surface area contributed by atoms with Crippen LogP contribution >= 0.6 is 0 Å². The molecule has 3 nitrogen and oxygen atoms in total. The SMILES string of the molecule is C=C(C)C(CC)CC1CCCN1CC.C=C(C)NC(C)=NC1CCCCCC1.CCC.Cc1ccc(F)c(F)c1. The molecule has 2 fully saturated rings. The zero-order valence-electron chi connectivity index (χ0n) is 27.2. The maximum Gasteiger partial charge on any atom is 0.159 e. The van der Waals surface area contributed by atoms with E-state index in [-0.39, 0.29) is 0 Å². The molecule has 2 unspecified atom stereocenters. The summed E-state index contributed by atoms with van der Waals surface area (Å²) in [4.78, 5) is 7.31. The second kappa shape index (κ2) is 22.7. The van der Waals surface area contributed by atoms with Gasteiger partial charge in [-0.15, -0.1) is 0 Å². The van der Waals surface area contributed by atoms with Crippen LogP contribution in [0.4, 0.5) is 8.78 Å². The normalized spacial score (nSPS) is 18.6. The smallest absolute Gasteiger partial charge is 0.159 e. The number of hydrogen-bond acceptors (Lipinski definition) is 2. The first kappa shape index (κ1) is 38.0. The Morgan fingerprint density at radius 3 is 2.00 bits per heavy atom. The van der Waals surface area contributed by atoms with Gasteiger partial charge in [-0.05, 0) is 103 Å². The Kier molecular flexibility index (Phi) is 21.5. The third-order valence-electron chi connectivity index (χ3n) is 7.32. The van der Waals surface area contributed by atoms with Crippen molar-refractivity contribution in [3.05, 3.63) is 59.8 Å². The predicted octanol–water partition coefficient (Wildman–Crippen LogP) is 10.4. The zero-order valence-corrected chi connectivity index (χ0v) is 27.2. The summed E-state index contributed by atoms with van der Waals surface area (Å²) >= 11 is 0. The van der Waals surface area contributed by atoms with Gasteiger partial charge in [0.15, 0.2) is 11.6 Å². The summed E-state index contributed by atoms with van der Waals surface area (Å²) in [6, 6.07) is 5.18. The monoisotopic (exact) mass is 561 g/mol. The van der Waals surface area contributed by atoms with E-state index in [4.69, 9.17) is 0 Å². The number of benzene rings is 1. The van der Waals surface area contributed by atoms with Crippen LogP contribution in [-0.4, -0.2) is 35.9 Å². The highest BCUT2D eigenvalue weighted by molar-refractivity contribution is 5.81. The number of rotatable bonds is 7. The van der Waals surface area contributed by atoms with E-state index in [2.05, 4.69) is 63.0 Å². The van der Waals surface area contributed by atoms with Crippen molar-refractivity contribution >= 4 is 5.84 Å². The minimum atomic E-state index is -0.791. The van der Waals surface area contributed by atoms with Gasteiger partial charge in [-0.1, -0.05) is 84.6 Å². The van der Waals surface area contributed by atoms with Gasteiger partial charge >= 0.3 is 0 Å². The molecule has 230 valence electrons. The first-order valence-electron chi connectivity index (χ1n) is 15.8. The molecule has 40 heavy (non-hydrogen) atoms. The molecule has 2 aliphatic rings. The Labute approximate surface area is 246 Å². The number of hydrogen-bond donors (Lipinski definition) is 1. The van der Waals surface area contributed by atoms with Crippen LogP contribution in [0.2, 0.25) is 0 Å². The summed E-state index contributed by atoms with van der Waals surface area (Å²) in [5, 5.41) is 3.17. The molecule has 1 N–H and O–H groups in total. The number of halogens is 2. The molecule has 0 aromatic heterocycles. The van der Waals surface area contributed by atoms with Gasteiger partial charge in [0.25, 0.3) is 0 Å². The number of nitrogens with zero attached hydrogens (tertiary/aromatic N) is 2. The van der Waals surface area contributed by atoms with Crippen LogP contribution in [0.25, 0.3) is 0 Å². The van der Waals surface area contributed by atoms with Crippen molar-refractivity contribution in [3.63, 3.8) is 0 Å². The van der Waals surface area contributed by atoms with Crippen LogP contribution in [0.1, 0.15) is 125 Å². The first-order valence-corrected chi connectivity index (χ1v) is 15.8. The molecule has 0 amide bonds. The number of nitrogens with one attached hydrogen (secondary N) is 1. The topological polar surface area (TPSA) is 27.6 Å². The van der Waals surface area contributed by atoms with Crippen molar-refractivity contribution in [2.24, 2.45) is 10.9 Å². The third kappa shape index (κ3) is 17.6. The van der Waals surface area contributed by atoms with Gasteiger partial charge in [0, 0.05) is 11.7 Å². The van der Waals surface area contributed by atoms with Gasteiger partial charge in [0.1, 0.15) is 0 Å². The molecule has 3 rings (SSSR count). The van der Waals surface area contributed by atoms with E-state index in [1.807, 2.05) is 13.8 Å². The summed E-state index contributed by atoms with van der Waals surface area (Å²) in [7, 11) is 0. The van der Waals surface area contributed by atoms with Crippen LogP contribution < -0.4 is 5.32 Å². The molecule has 1 aliphatic heterocycles. The average Bonchev–Trinajstić information content (AvgIpc) is 3.19. The van der Waals surface area contributed by atoms with Crippen LogP contribution in [0, 0.1) is 24.5 Å². The molecule has 1 aromatic rings. The van der Waals surface area contributed by atoms with E-state index >= 15 is 0 Å². The summed E-state index contributed by atoms with van der Waals surface area (Å²) < 4.78 is 24.3. The van der Waals surface area contributed by atoms with E-state index in [1.54, 1.807) is 6.92 Å². The molecule has 5 heteroatoms. The van der Waals surface area contributed by atoms with Crippen LogP contribution in [0.5, 0.6) is 0 Å². The van der Waals surface area contributed by atoms with Crippen molar-refractivity contribution in [2.45, 2.75) is 138 Å². The van der Waals surface area contributed by atoms with Gasteiger partial charge in [0.05, 0.1) is 11.9 Å². The minimum Gasteiger partial charge on any atom is -0.349 e. The summed E-state index contributed by atoms with van der Waals surface area (Å²) in [6.45, 7) is 27.1. The standard InChI is InChI=1S/C13H25N.C12H22N2.C7H6F2.C3H8/c1-5-12(11(3)4)10-13-8-7-9-14(13)6-2;1-10(2)13-11(3)14-12-8-6-4-5-7-9-12;1-5-2-3-6(8)7(9)4-5;1-3-2/h12-13H,3,5-10H2,1-2,4H3;12H,1,4-9H2,2-3H3,(H,13,14);2-4H,1H3;3H2,1-2H3. The Balaban J connectivity index is 0.000000554. The maximum absolute atomic E-state index is 12.2. The highest BCUT2D eigenvalue weighted by Gasteiger charge is 2.25. The molecule has 0 radical (unpaired) electrons. The molecule has 1 aliphatic carbocycles. The molecule has 0 bridgehead atoms. The summed E-state index contributed by atoms with van der Waals surface area (Å²) in [5.74, 6) is 0.187. The minimum absolute atomic E-state index is 0.546. The lowest BCUT2D eigenvalue weighted by Crippen LogP contribution is -2.31. The largest absolute Gasteiger partial charge is 0.349 e. The second-order valence-corrected chi connectivity index (χ2v) is 11.5. The molecule has 1 aromatic carbocycles. The number of likely N-dealkylation sites (tertiary alicyclic amines) is 1. The Morgan fingerprint density at radius 1 is 0.950 bits per heavy atom. The van der Waals surface area contributed by atoms with Crippen molar-refractivity contribution in [2.75, 3.05) is 13.1 Å². The fourth-order valence-electron chi connectivity index (χ4n) is 5.23. The van der Waals surface area contributed by atoms with Gasteiger partial charge < -0.3 is 10.2 Å². The van der Waals surface area contributed by atoms with Crippen LogP contribution in [-0.2, 0) is 0 Å². The third-order valence-corrected chi connectivity index (χ3v) is 7.32. The van der Waals surface area contributed by atoms with Crippen LogP contribution in [0.15, 0.2) is 47.6 Å². The highest BCUT2D eigenvalue weighted by atomic mass is 19.2. The fourth-order valence-corrected chi connectivity index (χ4v) is 5.23. The molecule has 1 heterocycles. The quantitative estimate of drug-likeness (QED) is 0.155. The van der Waals surface area contributed by atoms with E-state index in [0.717, 1.165) is 41.2 Å². The molecule has 0 spiro atoms. The number of amidine groups is 1. The van der Waals surface area contributed by atoms with Crippen molar-refractivity contribution in [1.82, 2.24) is 10.2 Å². The highest BCUT2D eigenvalue weighted by Crippen LogP contribution is 2.27. The average molecular weight is 562 g/mol. The molecular weight excluding hydrogens is 500 g/mol. The maximum atomic E-state index is 12.2. The van der Waals surface area contributed by atoms with Gasteiger partial charge in [-0.2, -0.15) is 0 Å². The van der Waals surface area contributed by atoms with Gasteiger partial charge in [-0.3, -0.25) is 4.99 Å². The van der Waals surface area contributed by atoms with E-state index in [9.17, 15) is 8.78 Å². The fraction of sp³-hybridized carbons (Fsp3) is 0.686. The first-order chi connectivity index (χ1) is 19.0. The molecule has 1 saturated heterocycles. The van der Waals surface area contributed by atoms with E-state index in [0.29, 0.717) is 6.04 Å². The number of allylic oxidation sites excluding steroid dienone is 2. The lowest BCUT2D eigenvalue weighted by Gasteiger charge is -2.27.